The summed E-state index contributed by atoms with van der Waals surface area (Å²) in [5.41, 5.74) is 8.37. The summed E-state index contributed by atoms with van der Waals surface area (Å²) in [6, 6.07) is 8.21. The summed E-state index contributed by atoms with van der Waals surface area (Å²) in [5.74, 6) is 0.172. The van der Waals surface area contributed by atoms with E-state index in [1.54, 1.807) is 0 Å². The van der Waals surface area contributed by atoms with Gasteiger partial charge >= 0.3 is 0 Å². The highest BCUT2D eigenvalue weighted by molar-refractivity contribution is 5.95. The molecule has 2 aliphatic rings. The quantitative estimate of drug-likeness (QED) is 0.871. The monoisotopic (exact) mass is 259 g/mol. The van der Waals surface area contributed by atoms with Crippen molar-refractivity contribution in [2.75, 3.05) is 31.6 Å². The van der Waals surface area contributed by atoms with Gasteiger partial charge in [0, 0.05) is 24.3 Å². The fraction of sp³-hybridized carbons (Fsp3) is 0.533. The van der Waals surface area contributed by atoms with Crippen LogP contribution in [0.25, 0.3) is 0 Å². The lowest BCUT2D eigenvalue weighted by Crippen LogP contribution is -2.49. The van der Waals surface area contributed by atoms with Crippen LogP contribution < -0.4 is 10.6 Å². The van der Waals surface area contributed by atoms with E-state index >= 15 is 0 Å². The van der Waals surface area contributed by atoms with Crippen LogP contribution in [-0.4, -0.2) is 37.5 Å². The zero-order valence-corrected chi connectivity index (χ0v) is 11.4. The van der Waals surface area contributed by atoms with Crippen molar-refractivity contribution >= 4 is 11.6 Å². The maximum atomic E-state index is 12.1. The van der Waals surface area contributed by atoms with E-state index in [0.29, 0.717) is 6.54 Å². The molecule has 2 fully saturated rings. The van der Waals surface area contributed by atoms with E-state index in [0.717, 1.165) is 31.6 Å². The number of anilines is 1. The molecule has 0 atom stereocenters. The standard InChI is InChI=1S/C15H21N3O/c1-17-8-9-18(14(19)11-17)13-5-2-4-12(10-13)15(16)6-3-7-15/h2,4-5,10H,3,6-9,11,16H2,1H3. The Hall–Kier alpha value is -1.39. The molecule has 0 unspecified atom stereocenters. The van der Waals surface area contributed by atoms with Crippen LogP contribution in [0, 0.1) is 0 Å². The van der Waals surface area contributed by atoms with Gasteiger partial charge in [0.25, 0.3) is 0 Å². The van der Waals surface area contributed by atoms with Gasteiger partial charge in [0.05, 0.1) is 6.54 Å². The molecule has 19 heavy (non-hydrogen) atoms. The number of nitrogens with two attached hydrogens (primary N) is 1. The first-order chi connectivity index (χ1) is 9.08. The number of amides is 1. The van der Waals surface area contributed by atoms with Gasteiger partial charge in [-0.15, -0.1) is 0 Å². The van der Waals surface area contributed by atoms with Crippen LogP contribution in [0.2, 0.25) is 0 Å². The third-order valence-corrected chi connectivity index (χ3v) is 4.39. The molecule has 1 saturated heterocycles. The van der Waals surface area contributed by atoms with E-state index in [9.17, 15) is 4.79 Å². The Labute approximate surface area is 114 Å². The number of likely N-dealkylation sites (N-methyl/N-ethyl adjacent to an activating group) is 1. The molecule has 1 aliphatic carbocycles. The topological polar surface area (TPSA) is 49.6 Å². The van der Waals surface area contributed by atoms with Gasteiger partial charge in [-0.1, -0.05) is 12.1 Å². The molecule has 0 aromatic heterocycles. The van der Waals surface area contributed by atoms with E-state index in [-0.39, 0.29) is 11.4 Å². The fourth-order valence-electron chi connectivity index (χ4n) is 2.89. The van der Waals surface area contributed by atoms with Crippen molar-refractivity contribution in [1.29, 1.82) is 0 Å². The van der Waals surface area contributed by atoms with Crippen LogP contribution in [0.1, 0.15) is 24.8 Å². The lowest BCUT2D eigenvalue weighted by atomic mass is 9.73. The minimum Gasteiger partial charge on any atom is -0.321 e. The molecule has 0 bridgehead atoms. The first-order valence-electron chi connectivity index (χ1n) is 6.97. The minimum absolute atomic E-state index is 0.161. The molecule has 0 radical (unpaired) electrons. The van der Waals surface area contributed by atoms with Crippen molar-refractivity contribution in [2.24, 2.45) is 5.73 Å². The molecular formula is C15H21N3O. The van der Waals surface area contributed by atoms with Crippen LogP contribution >= 0.6 is 0 Å². The zero-order chi connectivity index (χ0) is 13.5. The van der Waals surface area contributed by atoms with Crippen molar-refractivity contribution in [2.45, 2.75) is 24.8 Å². The summed E-state index contributed by atoms with van der Waals surface area (Å²) >= 11 is 0. The van der Waals surface area contributed by atoms with E-state index in [1.807, 2.05) is 24.1 Å². The Morgan fingerprint density at radius 1 is 1.26 bits per heavy atom. The van der Waals surface area contributed by atoms with Gasteiger partial charge in [-0.25, -0.2) is 0 Å². The number of nitrogens with zero attached hydrogens (tertiary/aromatic N) is 2. The summed E-state index contributed by atoms with van der Waals surface area (Å²) in [5, 5.41) is 0. The van der Waals surface area contributed by atoms with Crippen LogP contribution in [-0.2, 0) is 10.3 Å². The number of hydrogen-bond donors (Lipinski definition) is 1. The van der Waals surface area contributed by atoms with Gasteiger partial charge in [-0.2, -0.15) is 0 Å². The largest absolute Gasteiger partial charge is 0.321 e. The third kappa shape index (κ3) is 2.26. The van der Waals surface area contributed by atoms with Crippen LogP contribution in [0.3, 0.4) is 0 Å². The van der Waals surface area contributed by atoms with Crippen molar-refractivity contribution in [3.63, 3.8) is 0 Å². The average molecular weight is 259 g/mol. The fourth-order valence-corrected chi connectivity index (χ4v) is 2.89. The van der Waals surface area contributed by atoms with Crippen molar-refractivity contribution in [1.82, 2.24) is 4.90 Å². The number of hydrogen-bond acceptors (Lipinski definition) is 3. The van der Waals surface area contributed by atoms with E-state index in [1.165, 1.54) is 12.0 Å². The molecule has 1 amide bonds. The second-order valence-electron chi connectivity index (χ2n) is 5.84. The predicted molar refractivity (Wildman–Crippen MR) is 76.0 cm³/mol. The molecule has 4 heteroatoms. The number of carbonyl (C=O) groups excluding carboxylic acids is 1. The molecular weight excluding hydrogens is 238 g/mol. The lowest BCUT2D eigenvalue weighted by molar-refractivity contribution is -0.120. The highest BCUT2D eigenvalue weighted by Gasteiger charge is 2.34. The number of benzene rings is 1. The second kappa shape index (κ2) is 4.62. The summed E-state index contributed by atoms with van der Waals surface area (Å²) in [4.78, 5) is 16.0. The van der Waals surface area contributed by atoms with Gasteiger partial charge < -0.3 is 10.6 Å². The number of carbonyl (C=O) groups is 1. The average Bonchev–Trinajstić information content (AvgIpc) is 2.36. The highest BCUT2D eigenvalue weighted by atomic mass is 16.2. The summed E-state index contributed by atoms with van der Waals surface area (Å²) in [6.07, 6.45) is 3.30. The Bertz CT molecular complexity index is 496. The van der Waals surface area contributed by atoms with Gasteiger partial charge in [0.15, 0.2) is 0 Å². The Morgan fingerprint density at radius 3 is 2.68 bits per heavy atom. The first kappa shape index (κ1) is 12.6. The highest BCUT2D eigenvalue weighted by Crippen LogP contribution is 2.39. The number of piperazine rings is 1. The molecule has 1 aromatic rings. The van der Waals surface area contributed by atoms with Gasteiger partial charge in [0.1, 0.15) is 0 Å². The molecule has 4 nitrogen and oxygen atoms in total. The van der Waals surface area contributed by atoms with Crippen LogP contribution in [0.15, 0.2) is 24.3 Å². The maximum Gasteiger partial charge on any atom is 0.241 e. The van der Waals surface area contributed by atoms with Gasteiger partial charge in [-0.05, 0) is 44.0 Å². The van der Waals surface area contributed by atoms with Crippen molar-refractivity contribution in [3.8, 4) is 0 Å². The molecule has 3 rings (SSSR count). The molecule has 2 N–H and O–H groups in total. The first-order valence-corrected chi connectivity index (χ1v) is 6.97. The van der Waals surface area contributed by atoms with Gasteiger partial charge in [-0.3, -0.25) is 9.69 Å². The predicted octanol–water partition coefficient (Wildman–Crippen LogP) is 1.30. The van der Waals surface area contributed by atoms with Crippen LogP contribution in [0.5, 0.6) is 0 Å². The maximum absolute atomic E-state index is 12.1. The second-order valence-corrected chi connectivity index (χ2v) is 5.84. The lowest BCUT2D eigenvalue weighted by Gasteiger charge is -2.39. The molecule has 1 heterocycles. The Kier molecular flexibility index (Phi) is 3.07. The minimum atomic E-state index is -0.161. The molecule has 102 valence electrons. The SMILES string of the molecule is CN1CCN(c2cccc(C3(N)CCC3)c2)C(=O)C1. The zero-order valence-electron chi connectivity index (χ0n) is 11.4. The smallest absolute Gasteiger partial charge is 0.241 e. The van der Waals surface area contributed by atoms with E-state index in [4.69, 9.17) is 5.73 Å². The molecule has 0 spiro atoms. The van der Waals surface area contributed by atoms with Gasteiger partial charge in [0.2, 0.25) is 5.91 Å². The van der Waals surface area contributed by atoms with E-state index < -0.39 is 0 Å². The third-order valence-electron chi connectivity index (χ3n) is 4.39. The molecule has 1 saturated carbocycles. The summed E-state index contributed by atoms with van der Waals surface area (Å²) < 4.78 is 0. The summed E-state index contributed by atoms with van der Waals surface area (Å²) in [6.45, 7) is 2.18. The molecule has 1 aromatic carbocycles. The summed E-state index contributed by atoms with van der Waals surface area (Å²) in [7, 11) is 1.98. The Balaban J connectivity index is 1.85. The van der Waals surface area contributed by atoms with Crippen molar-refractivity contribution in [3.05, 3.63) is 29.8 Å². The molecule has 1 aliphatic heterocycles. The van der Waals surface area contributed by atoms with Crippen molar-refractivity contribution < 1.29 is 4.79 Å². The van der Waals surface area contributed by atoms with Crippen LogP contribution in [0.4, 0.5) is 5.69 Å². The van der Waals surface area contributed by atoms with E-state index in [2.05, 4.69) is 17.0 Å². The normalized spacial score (nSPS) is 23.3. The number of rotatable bonds is 2. The Morgan fingerprint density at radius 2 is 2.05 bits per heavy atom.